The zero-order valence-electron chi connectivity index (χ0n) is 12.7. The summed E-state index contributed by atoms with van der Waals surface area (Å²) in [6, 6.07) is 26.3. The van der Waals surface area contributed by atoms with Gasteiger partial charge < -0.3 is 0 Å². The molecule has 24 heavy (non-hydrogen) atoms. The summed E-state index contributed by atoms with van der Waals surface area (Å²) in [4.78, 5) is 0. The summed E-state index contributed by atoms with van der Waals surface area (Å²) in [7, 11) is 0. The molecule has 0 nitrogen and oxygen atoms in total. The summed E-state index contributed by atoms with van der Waals surface area (Å²) in [6.45, 7) is 0. The minimum atomic E-state index is 1.08. The summed E-state index contributed by atoms with van der Waals surface area (Å²) >= 11 is 7.36. The molecule has 114 valence electrons. The van der Waals surface area contributed by atoms with Crippen LogP contribution >= 0.6 is 31.9 Å². The molecule has 0 atom stereocenters. The van der Waals surface area contributed by atoms with Crippen LogP contribution < -0.4 is 0 Å². The van der Waals surface area contributed by atoms with Crippen molar-refractivity contribution in [3.05, 3.63) is 81.7 Å². The highest BCUT2D eigenvalue weighted by Crippen LogP contribution is 2.40. The zero-order valence-corrected chi connectivity index (χ0v) is 15.9. The zero-order chi connectivity index (χ0) is 16.3. The molecule has 0 aliphatic heterocycles. The molecule has 5 rings (SSSR count). The van der Waals surface area contributed by atoms with Crippen LogP contribution in [0, 0.1) is 0 Å². The number of hydrogen-bond acceptors (Lipinski definition) is 0. The minimum Gasteiger partial charge on any atom is -0.0616 e. The van der Waals surface area contributed by atoms with Gasteiger partial charge in [-0.3, -0.25) is 0 Å². The van der Waals surface area contributed by atoms with Gasteiger partial charge in [0.15, 0.2) is 0 Å². The molecule has 0 N–H and O–H groups in total. The van der Waals surface area contributed by atoms with Crippen LogP contribution in [0.5, 0.6) is 0 Å². The summed E-state index contributed by atoms with van der Waals surface area (Å²) in [5.74, 6) is 0. The Kier molecular flexibility index (Phi) is 3.19. The molecule has 0 aromatic heterocycles. The molecule has 2 heteroatoms. The van der Waals surface area contributed by atoms with Gasteiger partial charge in [0, 0.05) is 8.95 Å². The fraction of sp³-hybridized carbons (Fsp3) is 0. The monoisotopic (exact) mass is 434 g/mol. The SMILES string of the molecule is Brc1ccc2c(ccc3ccc4ccc5ccccc5c4c32)c1Br. The molecule has 0 bridgehead atoms. The van der Waals surface area contributed by atoms with E-state index in [0.717, 1.165) is 8.95 Å². The Balaban J connectivity index is 2.16. The number of hydrogen-bond donors (Lipinski definition) is 0. The Bertz CT molecular complexity index is 1260. The molecule has 5 aromatic rings. The Hall–Kier alpha value is -1.90. The van der Waals surface area contributed by atoms with Crippen LogP contribution in [0.1, 0.15) is 0 Å². The van der Waals surface area contributed by atoms with E-state index in [9.17, 15) is 0 Å². The summed E-state index contributed by atoms with van der Waals surface area (Å²) in [6.07, 6.45) is 0. The Morgan fingerprint density at radius 2 is 1.04 bits per heavy atom. The molecule has 0 fully saturated rings. The maximum Gasteiger partial charge on any atom is 0.0396 e. The highest BCUT2D eigenvalue weighted by molar-refractivity contribution is 9.13. The molecule has 0 unspecified atom stereocenters. The first-order chi connectivity index (χ1) is 11.7. The van der Waals surface area contributed by atoms with Crippen LogP contribution in [0.25, 0.3) is 43.1 Å². The predicted molar refractivity (Wildman–Crippen MR) is 112 cm³/mol. The van der Waals surface area contributed by atoms with Crippen LogP contribution in [0.2, 0.25) is 0 Å². The first kappa shape index (κ1) is 14.4. The van der Waals surface area contributed by atoms with E-state index in [-0.39, 0.29) is 0 Å². The molecule has 0 aliphatic carbocycles. The van der Waals surface area contributed by atoms with E-state index < -0.39 is 0 Å². The van der Waals surface area contributed by atoms with Crippen molar-refractivity contribution in [2.24, 2.45) is 0 Å². The van der Waals surface area contributed by atoms with E-state index in [1.54, 1.807) is 0 Å². The van der Waals surface area contributed by atoms with E-state index in [0.29, 0.717) is 0 Å². The number of benzene rings is 5. The largest absolute Gasteiger partial charge is 0.0616 e. The molecular weight excluding hydrogens is 424 g/mol. The quantitative estimate of drug-likeness (QED) is 0.217. The maximum absolute atomic E-state index is 3.73. The maximum atomic E-state index is 3.73. The fourth-order valence-electron chi connectivity index (χ4n) is 3.66. The lowest BCUT2D eigenvalue weighted by atomic mass is 9.93. The van der Waals surface area contributed by atoms with Crippen molar-refractivity contribution < 1.29 is 0 Å². The third-order valence-electron chi connectivity index (χ3n) is 4.77. The minimum absolute atomic E-state index is 1.08. The highest BCUT2D eigenvalue weighted by Gasteiger charge is 2.11. The lowest BCUT2D eigenvalue weighted by Gasteiger charge is -2.12. The smallest absolute Gasteiger partial charge is 0.0396 e. The lowest BCUT2D eigenvalue weighted by Crippen LogP contribution is -1.84. The van der Waals surface area contributed by atoms with Crippen LogP contribution in [-0.2, 0) is 0 Å². The van der Waals surface area contributed by atoms with E-state index in [2.05, 4.69) is 105 Å². The molecule has 0 saturated heterocycles. The predicted octanol–water partition coefficient (Wildman–Crippen LogP) is 7.82. The van der Waals surface area contributed by atoms with Gasteiger partial charge >= 0.3 is 0 Å². The van der Waals surface area contributed by atoms with Crippen molar-refractivity contribution in [3.63, 3.8) is 0 Å². The van der Waals surface area contributed by atoms with E-state index >= 15 is 0 Å². The van der Waals surface area contributed by atoms with Gasteiger partial charge in [-0.25, -0.2) is 0 Å². The molecule has 0 saturated carbocycles. The molecule has 5 aromatic carbocycles. The van der Waals surface area contributed by atoms with E-state index in [4.69, 9.17) is 0 Å². The molecular formula is C22H12Br2. The van der Waals surface area contributed by atoms with E-state index in [1.807, 2.05) is 0 Å². The van der Waals surface area contributed by atoms with Crippen LogP contribution in [-0.4, -0.2) is 0 Å². The topological polar surface area (TPSA) is 0 Å². The van der Waals surface area contributed by atoms with Crippen LogP contribution in [0.15, 0.2) is 81.7 Å². The Morgan fingerprint density at radius 1 is 0.458 bits per heavy atom. The van der Waals surface area contributed by atoms with Gasteiger partial charge in [-0.1, -0.05) is 66.7 Å². The van der Waals surface area contributed by atoms with Crippen molar-refractivity contribution in [3.8, 4) is 0 Å². The third-order valence-corrected chi connectivity index (χ3v) is 6.82. The molecule has 0 spiro atoms. The standard InChI is InChI=1S/C22H12Br2/c23-19-12-11-17-18(22(19)24)10-9-15-8-7-14-6-5-13-3-1-2-4-16(13)20(14)21(15)17/h1-12H. The van der Waals surface area contributed by atoms with Gasteiger partial charge in [0.1, 0.15) is 0 Å². The van der Waals surface area contributed by atoms with Gasteiger partial charge in [0.2, 0.25) is 0 Å². The van der Waals surface area contributed by atoms with Crippen LogP contribution in [0.4, 0.5) is 0 Å². The number of halogens is 2. The Labute approximate surface area is 156 Å². The second-order valence-electron chi connectivity index (χ2n) is 6.07. The second kappa shape index (κ2) is 5.30. The molecule has 0 amide bonds. The van der Waals surface area contributed by atoms with E-state index in [1.165, 1.54) is 43.1 Å². The first-order valence-corrected chi connectivity index (χ1v) is 9.43. The summed E-state index contributed by atoms with van der Waals surface area (Å²) in [5, 5.41) is 10.3. The molecule has 0 aliphatic rings. The number of fused-ring (bicyclic) bond motifs is 7. The normalized spacial score (nSPS) is 11.8. The second-order valence-corrected chi connectivity index (χ2v) is 7.72. The van der Waals surface area contributed by atoms with Gasteiger partial charge in [-0.05, 0) is 81.0 Å². The van der Waals surface area contributed by atoms with Crippen molar-refractivity contribution >= 4 is 74.9 Å². The highest BCUT2D eigenvalue weighted by atomic mass is 79.9. The lowest BCUT2D eigenvalue weighted by molar-refractivity contribution is 1.68. The van der Waals surface area contributed by atoms with Gasteiger partial charge in [0.05, 0.1) is 0 Å². The van der Waals surface area contributed by atoms with Gasteiger partial charge in [-0.15, -0.1) is 0 Å². The third kappa shape index (κ3) is 1.96. The average Bonchev–Trinajstić information content (AvgIpc) is 2.63. The van der Waals surface area contributed by atoms with Crippen LogP contribution in [0.3, 0.4) is 0 Å². The van der Waals surface area contributed by atoms with Gasteiger partial charge in [-0.2, -0.15) is 0 Å². The Morgan fingerprint density at radius 3 is 1.83 bits per heavy atom. The average molecular weight is 436 g/mol. The van der Waals surface area contributed by atoms with Gasteiger partial charge in [0.25, 0.3) is 0 Å². The number of rotatable bonds is 0. The van der Waals surface area contributed by atoms with Crippen molar-refractivity contribution in [2.75, 3.05) is 0 Å². The molecule has 0 radical (unpaired) electrons. The summed E-state index contributed by atoms with van der Waals surface area (Å²) < 4.78 is 2.19. The fourth-order valence-corrected chi connectivity index (χ4v) is 4.49. The van der Waals surface area contributed by atoms with Crippen molar-refractivity contribution in [1.82, 2.24) is 0 Å². The first-order valence-electron chi connectivity index (χ1n) is 7.85. The van der Waals surface area contributed by atoms with Crippen molar-refractivity contribution in [2.45, 2.75) is 0 Å². The molecule has 0 heterocycles. The summed E-state index contributed by atoms with van der Waals surface area (Å²) in [5.41, 5.74) is 0. The van der Waals surface area contributed by atoms with Crippen molar-refractivity contribution in [1.29, 1.82) is 0 Å².